The maximum atomic E-state index is 14.4. The predicted molar refractivity (Wildman–Crippen MR) is 151 cm³/mol. The number of rotatable bonds is 6. The molecule has 1 aliphatic heterocycles. The summed E-state index contributed by atoms with van der Waals surface area (Å²) >= 11 is 1.42. The third-order valence-corrected chi connectivity index (χ3v) is 7.89. The Morgan fingerprint density at radius 3 is 2.64 bits per heavy atom. The topological polar surface area (TPSA) is 80.4 Å². The van der Waals surface area contributed by atoms with Crippen LogP contribution < -0.4 is 10.2 Å². The Balaban J connectivity index is 1.69. The summed E-state index contributed by atoms with van der Waals surface area (Å²) in [7, 11) is 0. The Kier molecular flexibility index (Phi) is 7.36. The van der Waals surface area contributed by atoms with Crippen LogP contribution in [0, 0.1) is 12.7 Å². The molecule has 0 spiro atoms. The highest BCUT2D eigenvalue weighted by atomic mass is 32.2. The molecule has 0 radical (unpaired) electrons. The highest BCUT2D eigenvalue weighted by Crippen LogP contribution is 2.48. The highest BCUT2D eigenvalue weighted by Gasteiger charge is 2.40. The number of para-hydroxylation sites is 1. The maximum Gasteiger partial charge on any atom is 0.240 e. The van der Waals surface area contributed by atoms with Crippen molar-refractivity contribution in [2.24, 2.45) is 0 Å². The van der Waals surface area contributed by atoms with Gasteiger partial charge in [0.05, 0.1) is 35.2 Å². The fourth-order valence-electron chi connectivity index (χ4n) is 4.77. The van der Waals surface area contributed by atoms with Crippen LogP contribution in [0.1, 0.15) is 54.2 Å². The van der Waals surface area contributed by atoms with Gasteiger partial charge >= 0.3 is 0 Å². The van der Waals surface area contributed by atoms with Crippen molar-refractivity contribution in [1.29, 1.82) is 0 Å². The summed E-state index contributed by atoms with van der Waals surface area (Å²) < 4.78 is 21.5. The van der Waals surface area contributed by atoms with Crippen molar-refractivity contribution in [1.82, 2.24) is 15.1 Å². The number of anilines is 1. The van der Waals surface area contributed by atoms with E-state index in [4.69, 9.17) is 9.52 Å². The quantitative estimate of drug-likeness (QED) is 0.336. The number of hydrogen-bond donors (Lipinski definition) is 1. The number of amides is 2. The fourth-order valence-corrected chi connectivity index (χ4v) is 5.96. The summed E-state index contributed by atoms with van der Waals surface area (Å²) in [4.78, 5) is 28.4. The van der Waals surface area contributed by atoms with E-state index in [0.717, 1.165) is 28.1 Å². The minimum Gasteiger partial charge on any atom is -0.467 e. The Labute approximate surface area is 231 Å². The number of carbonyl (C=O) groups is 2. The van der Waals surface area contributed by atoms with Gasteiger partial charge in [0, 0.05) is 11.0 Å². The van der Waals surface area contributed by atoms with E-state index in [-0.39, 0.29) is 41.7 Å². The SMILES string of the molecule is Cc1ccccc1-n1nc(C(C)(C)C)c2c1N(CC(=O)NCc1ccco1)C(=O)CS[C@H]2c1cccc(F)c1. The summed E-state index contributed by atoms with van der Waals surface area (Å²) in [5.74, 6) is 0.388. The van der Waals surface area contributed by atoms with E-state index in [1.54, 1.807) is 29.1 Å². The smallest absolute Gasteiger partial charge is 0.240 e. The zero-order valence-electron chi connectivity index (χ0n) is 22.4. The van der Waals surface area contributed by atoms with Crippen LogP contribution >= 0.6 is 11.8 Å². The molecule has 39 heavy (non-hydrogen) atoms. The Hall–Kier alpha value is -3.85. The number of fused-ring (bicyclic) bond motifs is 1. The molecule has 0 aliphatic carbocycles. The number of aryl methyl sites for hydroxylation is 1. The first-order valence-electron chi connectivity index (χ1n) is 12.8. The van der Waals surface area contributed by atoms with Crippen molar-refractivity contribution in [3.8, 4) is 5.69 Å². The van der Waals surface area contributed by atoms with Crippen molar-refractivity contribution in [3.05, 3.63) is 101 Å². The second-order valence-corrected chi connectivity index (χ2v) is 11.7. The molecule has 4 aromatic rings. The van der Waals surface area contributed by atoms with Gasteiger partial charge in [0.1, 0.15) is 23.9 Å². The summed E-state index contributed by atoms with van der Waals surface area (Å²) in [6.45, 7) is 8.21. The van der Waals surface area contributed by atoms with Crippen LogP contribution in [-0.4, -0.2) is 33.9 Å². The number of nitrogens with one attached hydrogen (secondary N) is 1. The number of furan rings is 1. The van der Waals surface area contributed by atoms with E-state index < -0.39 is 5.41 Å². The van der Waals surface area contributed by atoms with Crippen LogP contribution in [0.2, 0.25) is 0 Å². The average molecular weight is 547 g/mol. The van der Waals surface area contributed by atoms with Crippen molar-refractivity contribution < 1.29 is 18.4 Å². The molecule has 2 amide bonds. The standard InChI is InChI=1S/C30H31FN4O3S/c1-19-9-5-6-13-23(19)35-29-26(28(33-35)30(2,3)4)27(20-10-7-11-21(31)15-20)39-18-25(37)34(29)17-24(36)32-16-22-12-8-14-38-22/h5-15,27H,16-18H2,1-4H3,(H,32,36)/t27-/m0/s1. The lowest BCUT2D eigenvalue weighted by Crippen LogP contribution is -2.42. The van der Waals surface area contributed by atoms with Crippen LogP contribution in [-0.2, 0) is 21.5 Å². The van der Waals surface area contributed by atoms with Crippen LogP contribution in [0.5, 0.6) is 0 Å². The van der Waals surface area contributed by atoms with E-state index in [9.17, 15) is 14.0 Å². The van der Waals surface area contributed by atoms with Crippen molar-refractivity contribution in [2.75, 3.05) is 17.2 Å². The molecular formula is C30H31FN4O3S. The first kappa shape index (κ1) is 26.7. The first-order chi connectivity index (χ1) is 18.6. The van der Waals surface area contributed by atoms with Crippen LogP contribution in [0.3, 0.4) is 0 Å². The normalized spacial score (nSPS) is 15.7. The van der Waals surface area contributed by atoms with E-state index in [1.807, 2.05) is 37.3 Å². The Morgan fingerprint density at radius 1 is 1.15 bits per heavy atom. The zero-order valence-corrected chi connectivity index (χ0v) is 23.2. The molecule has 1 aliphatic rings. The maximum absolute atomic E-state index is 14.4. The van der Waals surface area contributed by atoms with Gasteiger partial charge in [-0.25, -0.2) is 9.07 Å². The molecule has 3 heterocycles. The average Bonchev–Trinajstić information content (AvgIpc) is 3.52. The minimum absolute atomic E-state index is 0.124. The molecule has 9 heteroatoms. The summed E-state index contributed by atoms with van der Waals surface area (Å²) in [6.07, 6.45) is 1.55. The lowest BCUT2D eigenvalue weighted by atomic mass is 9.87. The Morgan fingerprint density at radius 2 is 1.95 bits per heavy atom. The molecule has 0 saturated carbocycles. The molecule has 2 aromatic carbocycles. The van der Waals surface area contributed by atoms with Crippen LogP contribution in [0.4, 0.5) is 10.2 Å². The van der Waals surface area contributed by atoms with Gasteiger partial charge in [0.2, 0.25) is 11.8 Å². The van der Waals surface area contributed by atoms with Gasteiger partial charge in [-0.05, 0) is 48.4 Å². The largest absolute Gasteiger partial charge is 0.467 e. The molecule has 2 aromatic heterocycles. The number of thioether (sulfide) groups is 1. The zero-order chi connectivity index (χ0) is 27.7. The van der Waals surface area contributed by atoms with E-state index in [2.05, 4.69) is 26.1 Å². The highest BCUT2D eigenvalue weighted by molar-refractivity contribution is 8.00. The first-order valence-corrected chi connectivity index (χ1v) is 13.8. The molecule has 0 unspecified atom stereocenters. The number of nitrogens with zero attached hydrogens (tertiary/aromatic N) is 3. The molecule has 7 nitrogen and oxygen atoms in total. The molecule has 1 atom stereocenters. The van der Waals surface area contributed by atoms with Gasteiger partial charge in [0.25, 0.3) is 0 Å². The van der Waals surface area contributed by atoms with Crippen LogP contribution in [0.25, 0.3) is 5.69 Å². The molecule has 0 saturated heterocycles. The predicted octanol–water partition coefficient (Wildman–Crippen LogP) is 5.70. The van der Waals surface area contributed by atoms with Crippen molar-refractivity contribution in [2.45, 2.75) is 44.9 Å². The minimum atomic E-state index is -0.398. The summed E-state index contributed by atoms with van der Waals surface area (Å²) in [5, 5.41) is 7.57. The summed E-state index contributed by atoms with van der Waals surface area (Å²) in [5.41, 5.74) is 3.72. The molecule has 0 fully saturated rings. The van der Waals surface area contributed by atoms with E-state index >= 15 is 0 Å². The number of hydrogen-bond acceptors (Lipinski definition) is 5. The second-order valence-electron chi connectivity index (χ2n) is 10.6. The number of benzene rings is 2. The van der Waals surface area contributed by atoms with E-state index in [1.165, 1.54) is 28.8 Å². The fraction of sp³-hybridized carbons (Fsp3) is 0.300. The summed E-state index contributed by atoms with van der Waals surface area (Å²) in [6, 6.07) is 17.8. The monoisotopic (exact) mass is 546 g/mol. The number of aromatic nitrogens is 2. The Bertz CT molecular complexity index is 1510. The van der Waals surface area contributed by atoms with Gasteiger partial charge in [-0.2, -0.15) is 5.10 Å². The van der Waals surface area contributed by atoms with Crippen LogP contribution in [0.15, 0.2) is 71.3 Å². The van der Waals surface area contributed by atoms with Gasteiger partial charge in [-0.3, -0.25) is 14.5 Å². The lowest BCUT2D eigenvalue weighted by Gasteiger charge is -2.24. The second kappa shape index (κ2) is 10.7. The number of carbonyl (C=O) groups excluding carboxylic acids is 2. The number of halogens is 1. The van der Waals surface area contributed by atoms with Gasteiger partial charge in [-0.15, -0.1) is 11.8 Å². The van der Waals surface area contributed by atoms with Crippen molar-refractivity contribution in [3.63, 3.8) is 0 Å². The molecular weight excluding hydrogens is 515 g/mol. The molecule has 202 valence electrons. The molecule has 1 N–H and O–H groups in total. The van der Waals surface area contributed by atoms with E-state index in [0.29, 0.717) is 11.6 Å². The third-order valence-electron chi connectivity index (χ3n) is 6.64. The van der Waals surface area contributed by atoms with Gasteiger partial charge in [-0.1, -0.05) is 51.1 Å². The molecule has 5 rings (SSSR count). The van der Waals surface area contributed by atoms with Crippen molar-refractivity contribution >= 4 is 29.4 Å². The lowest BCUT2D eigenvalue weighted by molar-refractivity contribution is -0.123. The third kappa shape index (κ3) is 5.49. The van der Waals surface area contributed by atoms with Gasteiger partial charge in [0.15, 0.2) is 0 Å². The molecule has 0 bridgehead atoms. The van der Waals surface area contributed by atoms with Gasteiger partial charge < -0.3 is 9.73 Å².